The summed E-state index contributed by atoms with van der Waals surface area (Å²) in [5.41, 5.74) is 14.9. The van der Waals surface area contributed by atoms with Crippen LogP contribution in [0.2, 0.25) is 10.0 Å². The van der Waals surface area contributed by atoms with Gasteiger partial charge in [0.25, 0.3) is 0 Å². The highest BCUT2D eigenvalue weighted by Crippen LogP contribution is 2.35. The quantitative estimate of drug-likeness (QED) is 0.678. The molecule has 0 bridgehead atoms. The minimum absolute atomic E-state index is 0.259. The van der Waals surface area contributed by atoms with E-state index in [1.54, 1.807) is 6.07 Å². The molecule has 1 atom stereocenters. The molecule has 7 heteroatoms. The fourth-order valence-electron chi connectivity index (χ4n) is 3.15. The van der Waals surface area contributed by atoms with Gasteiger partial charge in [-0.2, -0.15) is 0 Å². The number of hydrogen-bond donors (Lipinski definition) is 3. The van der Waals surface area contributed by atoms with Crippen LogP contribution in [0.3, 0.4) is 0 Å². The van der Waals surface area contributed by atoms with Crippen molar-refractivity contribution in [2.75, 3.05) is 6.61 Å². The summed E-state index contributed by atoms with van der Waals surface area (Å²) >= 11 is 12.3. The smallest absolute Gasteiger partial charge is 0.404 e. The SMILES string of the molecule is CCC1=C(Cc2cc(Cl)cc(Cl)c2)C(CC)(CCOC(N)=O)NN1. The first kappa shape index (κ1) is 18.9. The lowest BCUT2D eigenvalue weighted by atomic mass is 9.81. The van der Waals surface area contributed by atoms with Crippen LogP contribution in [-0.2, 0) is 11.2 Å². The van der Waals surface area contributed by atoms with Gasteiger partial charge in [0.05, 0.1) is 12.1 Å². The van der Waals surface area contributed by atoms with E-state index in [0.717, 1.165) is 24.1 Å². The lowest BCUT2D eigenvalue weighted by molar-refractivity contribution is 0.142. The molecule has 1 heterocycles. The molecule has 1 unspecified atom stereocenters. The maximum atomic E-state index is 10.9. The maximum Gasteiger partial charge on any atom is 0.404 e. The Morgan fingerprint density at radius 1 is 1.25 bits per heavy atom. The largest absolute Gasteiger partial charge is 0.450 e. The molecule has 1 aromatic carbocycles. The third-order valence-electron chi connectivity index (χ3n) is 4.43. The molecule has 0 saturated heterocycles. The van der Waals surface area contributed by atoms with E-state index in [1.165, 1.54) is 5.57 Å². The van der Waals surface area contributed by atoms with E-state index in [4.69, 9.17) is 33.7 Å². The van der Waals surface area contributed by atoms with E-state index < -0.39 is 6.09 Å². The summed E-state index contributed by atoms with van der Waals surface area (Å²) in [6, 6.07) is 5.57. The number of amides is 1. The van der Waals surface area contributed by atoms with Gasteiger partial charge in [-0.15, -0.1) is 0 Å². The summed E-state index contributed by atoms with van der Waals surface area (Å²) in [5, 5.41) is 1.24. The first-order chi connectivity index (χ1) is 11.4. The fourth-order valence-corrected chi connectivity index (χ4v) is 3.72. The summed E-state index contributed by atoms with van der Waals surface area (Å²) in [6.07, 6.45) is 2.31. The third kappa shape index (κ3) is 4.35. The zero-order chi connectivity index (χ0) is 17.7. The number of primary amides is 1. The molecule has 1 aliphatic rings. The van der Waals surface area contributed by atoms with Crippen molar-refractivity contribution >= 4 is 29.3 Å². The number of carbonyl (C=O) groups is 1. The van der Waals surface area contributed by atoms with Gasteiger partial charge >= 0.3 is 6.09 Å². The van der Waals surface area contributed by atoms with Crippen LogP contribution >= 0.6 is 23.2 Å². The Hall–Kier alpha value is -1.43. The zero-order valence-corrected chi connectivity index (χ0v) is 15.4. The van der Waals surface area contributed by atoms with Crippen molar-refractivity contribution in [1.29, 1.82) is 0 Å². The highest BCUT2D eigenvalue weighted by molar-refractivity contribution is 6.34. The molecule has 1 aromatic rings. The maximum absolute atomic E-state index is 10.9. The van der Waals surface area contributed by atoms with Gasteiger partial charge in [-0.1, -0.05) is 37.0 Å². The number of hydrogen-bond acceptors (Lipinski definition) is 4. The van der Waals surface area contributed by atoms with Crippen LogP contribution in [-0.4, -0.2) is 18.2 Å². The lowest BCUT2D eigenvalue weighted by Gasteiger charge is -2.31. The molecule has 0 saturated carbocycles. The van der Waals surface area contributed by atoms with Gasteiger partial charge in [-0.05, 0) is 48.6 Å². The highest BCUT2D eigenvalue weighted by Gasteiger charge is 2.38. The number of carbonyl (C=O) groups excluding carboxylic acids is 1. The van der Waals surface area contributed by atoms with E-state index in [2.05, 4.69) is 24.7 Å². The van der Waals surface area contributed by atoms with E-state index in [-0.39, 0.29) is 12.1 Å². The molecule has 4 N–H and O–H groups in total. The van der Waals surface area contributed by atoms with Crippen molar-refractivity contribution in [2.24, 2.45) is 5.73 Å². The second kappa shape index (κ2) is 8.10. The molecule has 1 aliphatic heterocycles. The van der Waals surface area contributed by atoms with Gasteiger partial charge in [-0.25, -0.2) is 10.2 Å². The number of ether oxygens (including phenoxy) is 1. The Morgan fingerprint density at radius 2 is 1.92 bits per heavy atom. The first-order valence-electron chi connectivity index (χ1n) is 8.03. The number of nitrogens with one attached hydrogen (secondary N) is 2. The molecule has 5 nitrogen and oxygen atoms in total. The topological polar surface area (TPSA) is 76.4 Å². The number of hydrazine groups is 1. The normalized spacial score (nSPS) is 20.2. The Balaban J connectivity index is 2.27. The Bertz CT molecular complexity index is 628. The van der Waals surface area contributed by atoms with Crippen molar-refractivity contribution in [3.8, 4) is 0 Å². The molecule has 0 radical (unpaired) electrons. The predicted molar refractivity (Wildman–Crippen MR) is 96.9 cm³/mol. The molecule has 2 rings (SSSR count). The summed E-state index contributed by atoms with van der Waals surface area (Å²) in [4.78, 5) is 10.9. The van der Waals surface area contributed by atoms with Crippen LogP contribution in [0.25, 0.3) is 0 Å². The van der Waals surface area contributed by atoms with Crippen molar-refractivity contribution < 1.29 is 9.53 Å². The summed E-state index contributed by atoms with van der Waals surface area (Å²) < 4.78 is 4.94. The van der Waals surface area contributed by atoms with Crippen LogP contribution in [0.4, 0.5) is 4.79 Å². The second-order valence-corrected chi connectivity index (χ2v) is 6.74. The van der Waals surface area contributed by atoms with E-state index in [9.17, 15) is 4.79 Å². The van der Waals surface area contributed by atoms with Crippen LogP contribution in [0.15, 0.2) is 29.5 Å². The van der Waals surface area contributed by atoms with Crippen molar-refractivity contribution in [3.63, 3.8) is 0 Å². The summed E-state index contributed by atoms with van der Waals surface area (Å²) in [7, 11) is 0. The molecule has 0 spiro atoms. The van der Waals surface area contributed by atoms with Gasteiger partial charge in [0.2, 0.25) is 0 Å². The van der Waals surface area contributed by atoms with Crippen molar-refractivity contribution in [1.82, 2.24) is 10.9 Å². The Kier molecular flexibility index (Phi) is 6.38. The molecule has 24 heavy (non-hydrogen) atoms. The van der Waals surface area contributed by atoms with Crippen LogP contribution in [0.1, 0.15) is 38.7 Å². The van der Waals surface area contributed by atoms with Crippen LogP contribution in [0, 0.1) is 0 Å². The molecular formula is C17H23Cl2N3O2. The molecule has 132 valence electrons. The predicted octanol–water partition coefficient (Wildman–Crippen LogP) is 3.94. The van der Waals surface area contributed by atoms with E-state index >= 15 is 0 Å². The molecular weight excluding hydrogens is 349 g/mol. The first-order valence-corrected chi connectivity index (χ1v) is 8.78. The van der Waals surface area contributed by atoms with Crippen molar-refractivity contribution in [3.05, 3.63) is 45.1 Å². The molecule has 0 aromatic heterocycles. The standard InChI is InChI=1S/C17H23Cl2N3O2/c1-3-15-14(9-11-7-12(18)10-13(19)8-11)17(4-2,22-21-15)5-6-24-16(20)23/h7-8,10,21-22H,3-6,9H2,1-2H3,(H2,20,23). The highest BCUT2D eigenvalue weighted by atomic mass is 35.5. The number of rotatable bonds is 7. The minimum atomic E-state index is -0.755. The molecule has 0 aliphatic carbocycles. The number of nitrogens with two attached hydrogens (primary N) is 1. The molecule has 0 fully saturated rings. The van der Waals surface area contributed by atoms with Gasteiger partial charge < -0.3 is 15.9 Å². The lowest BCUT2D eigenvalue weighted by Crippen LogP contribution is -2.47. The van der Waals surface area contributed by atoms with Crippen LogP contribution < -0.4 is 16.6 Å². The van der Waals surface area contributed by atoms with Crippen LogP contribution in [0.5, 0.6) is 0 Å². The Labute approximate surface area is 152 Å². The van der Waals surface area contributed by atoms with E-state index in [1.807, 2.05) is 12.1 Å². The van der Waals surface area contributed by atoms with Gasteiger partial charge in [-0.3, -0.25) is 0 Å². The number of benzene rings is 1. The monoisotopic (exact) mass is 371 g/mol. The fraction of sp³-hybridized carbons (Fsp3) is 0.471. The zero-order valence-electron chi connectivity index (χ0n) is 13.9. The summed E-state index contributed by atoms with van der Waals surface area (Å²) in [6.45, 7) is 4.46. The second-order valence-electron chi connectivity index (χ2n) is 5.87. The summed E-state index contributed by atoms with van der Waals surface area (Å²) in [5.74, 6) is 0. The average Bonchev–Trinajstić information content (AvgIpc) is 2.84. The van der Waals surface area contributed by atoms with E-state index in [0.29, 0.717) is 22.9 Å². The third-order valence-corrected chi connectivity index (χ3v) is 4.86. The van der Waals surface area contributed by atoms with Gasteiger partial charge in [0.1, 0.15) is 0 Å². The Morgan fingerprint density at radius 3 is 2.46 bits per heavy atom. The minimum Gasteiger partial charge on any atom is -0.450 e. The van der Waals surface area contributed by atoms with Gasteiger partial charge in [0, 0.05) is 22.2 Å². The van der Waals surface area contributed by atoms with Gasteiger partial charge in [0.15, 0.2) is 0 Å². The molecule has 1 amide bonds. The average molecular weight is 372 g/mol. The number of allylic oxidation sites excluding steroid dienone is 1. The number of halogens is 2. The van der Waals surface area contributed by atoms with Crippen molar-refractivity contribution in [2.45, 2.75) is 45.1 Å².